The molecular formula is C12H7ClN2OS. The molecule has 2 heterocycles. The number of hydrogen-bond acceptors (Lipinski definition) is 3. The van der Waals surface area contributed by atoms with Crippen LogP contribution in [-0.2, 0) is 0 Å². The number of benzene rings is 1. The Morgan fingerprint density at radius 1 is 1.24 bits per heavy atom. The van der Waals surface area contributed by atoms with Gasteiger partial charge in [-0.1, -0.05) is 11.6 Å². The second kappa shape index (κ2) is 3.98. The Bertz CT molecular complexity index is 734. The summed E-state index contributed by atoms with van der Waals surface area (Å²) in [5.41, 5.74) is 0.753. The molecule has 17 heavy (non-hydrogen) atoms. The van der Waals surface area contributed by atoms with Crippen LogP contribution in [0.25, 0.3) is 20.7 Å². The van der Waals surface area contributed by atoms with Crippen LogP contribution in [-0.4, -0.2) is 10.2 Å². The minimum absolute atomic E-state index is 0.0285. The topological polar surface area (TPSA) is 45.8 Å². The maximum atomic E-state index is 12.0. The Hall–Kier alpha value is -1.65. The maximum Gasteiger partial charge on any atom is 0.188 e. The first-order valence-electron chi connectivity index (χ1n) is 4.97. The Morgan fingerprint density at radius 3 is 2.88 bits per heavy atom. The van der Waals surface area contributed by atoms with Gasteiger partial charge in [0.1, 0.15) is 5.69 Å². The highest BCUT2D eigenvalue weighted by Crippen LogP contribution is 2.27. The van der Waals surface area contributed by atoms with Crippen LogP contribution in [0.3, 0.4) is 0 Å². The number of nitrogens with zero attached hydrogens (tertiary/aromatic N) is 1. The molecule has 1 aromatic carbocycles. The molecule has 0 radical (unpaired) electrons. The van der Waals surface area contributed by atoms with Crippen LogP contribution in [0.4, 0.5) is 0 Å². The van der Waals surface area contributed by atoms with Gasteiger partial charge in [-0.2, -0.15) is 5.10 Å². The molecule has 5 heteroatoms. The second-order valence-corrected chi connectivity index (χ2v) is 5.10. The molecule has 0 amide bonds. The number of hydrogen-bond donors (Lipinski definition) is 1. The number of H-pyrrole nitrogens is 1. The molecule has 0 saturated carbocycles. The quantitative estimate of drug-likeness (QED) is 0.731. The van der Waals surface area contributed by atoms with E-state index in [9.17, 15) is 4.79 Å². The monoisotopic (exact) mass is 262 g/mol. The molecule has 0 bridgehead atoms. The van der Waals surface area contributed by atoms with E-state index >= 15 is 0 Å². The van der Waals surface area contributed by atoms with Crippen molar-refractivity contribution in [3.8, 4) is 10.6 Å². The van der Waals surface area contributed by atoms with Gasteiger partial charge in [0.05, 0.1) is 4.88 Å². The van der Waals surface area contributed by atoms with Crippen LogP contribution < -0.4 is 5.43 Å². The van der Waals surface area contributed by atoms with Crippen molar-refractivity contribution in [1.82, 2.24) is 10.2 Å². The van der Waals surface area contributed by atoms with E-state index in [0.29, 0.717) is 10.4 Å². The number of rotatable bonds is 1. The summed E-state index contributed by atoms with van der Waals surface area (Å²) >= 11 is 7.40. The van der Waals surface area contributed by atoms with E-state index in [1.165, 1.54) is 11.3 Å². The lowest BCUT2D eigenvalue weighted by molar-refractivity contribution is 1.10. The van der Waals surface area contributed by atoms with Gasteiger partial charge in [-0.15, -0.1) is 11.3 Å². The Balaban J connectivity index is 2.32. The lowest BCUT2D eigenvalue weighted by Gasteiger charge is -1.99. The standard InChI is InChI=1S/C12H7ClN2OS/c13-7-1-2-11-8(5-7)10(16)6-12(17-11)9-3-4-14-15-9/h1-6H,(H,14,15). The zero-order valence-corrected chi connectivity index (χ0v) is 10.2. The van der Waals surface area contributed by atoms with E-state index in [2.05, 4.69) is 10.2 Å². The first-order valence-corrected chi connectivity index (χ1v) is 6.17. The van der Waals surface area contributed by atoms with Gasteiger partial charge in [0.2, 0.25) is 0 Å². The van der Waals surface area contributed by atoms with Gasteiger partial charge in [0, 0.05) is 27.4 Å². The van der Waals surface area contributed by atoms with E-state index in [1.54, 1.807) is 24.4 Å². The smallest absolute Gasteiger partial charge is 0.188 e. The normalized spacial score (nSPS) is 10.9. The first kappa shape index (κ1) is 10.5. The van der Waals surface area contributed by atoms with Crippen LogP contribution in [0, 0.1) is 0 Å². The summed E-state index contributed by atoms with van der Waals surface area (Å²) in [5, 5.41) is 8.04. The highest BCUT2D eigenvalue weighted by atomic mass is 35.5. The molecule has 0 atom stereocenters. The molecule has 0 unspecified atom stereocenters. The van der Waals surface area contributed by atoms with E-state index in [-0.39, 0.29) is 5.43 Å². The Kier molecular flexibility index (Phi) is 2.46. The number of nitrogens with one attached hydrogen (secondary N) is 1. The molecule has 0 aliphatic heterocycles. The zero-order chi connectivity index (χ0) is 11.8. The average molecular weight is 263 g/mol. The summed E-state index contributed by atoms with van der Waals surface area (Å²) in [4.78, 5) is 12.8. The Morgan fingerprint density at radius 2 is 2.12 bits per heavy atom. The summed E-state index contributed by atoms with van der Waals surface area (Å²) in [6, 6.07) is 8.78. The molecule has 0 aliphatic carbocycles. The lowest BCUT2D eigenvalue weighted by atomic mass is 10.2. The summed E-state index contributed by atoms with van der Waals surface area (Å²) < 4.78 is 0.917. The van der Waals surface area contributed by atoms with Crippen LogP contribution in [0.2, 0.25) is 5.02 Å². The molecule has 0 fully saturated rings. The van der Waals surface area contributed by atoms with E-state index in [4.69, 9.17) is 11.6 Å². The number of fused-ring (bicyclic) bond motifs is 1. The van der Waals surface area contributed by atoms with Crippen molar-refractivity contribution in [2.24, 2.45) is 0 Å². The van der Waals surface area contributed by atoms with Crippen LogP contribution in [0.1, 0.15) is 0 Å². The van der Waals surface area contributed by atoms with Crippen LogP contribution >= 0.6 is 22.9 Å². The summed E-state index contributed by atoms with van der Waals surface area (Å²) in [6.07, 6.45) is 1.73. The van der Waals surface area contributed by atoms with Crippen LogP contribution in [0.15, 0.2) is 41.3 Å². The van der Waals surface area contributed by atoms with E-state index < -0.39 is 0 Å². The molecular weight excluding hydrogens is 256 g/mol. The van der Waals surface area contributed by atoms with Gasteiger partial charge in [-0.3, -0.25) is 9.89 Å². The fraction of sp³-hybridized carbons (Fsp3) is 0. The fourth-order valence-electron chi connectivity index (χ4n) is 1.65. The molecule has 0 aliphatic rings. The molecule has 84 valence electrons. The van der Waals surface area contributed by atoms with Crippen molar-refractivity contribution >= 4 is 33.0 Å². The van der Waals surface area contributed by atoms with Crippen LogP contribution in [0.5, 0.6) is 0 Å². The Labute approximate surface area is 106 Å². The maximum absolute atomic E-state index is 12.0. The van der Waals surface area contributed by atoms with Gasteiger partial charge in [0.25, 0.3) is 0 Å². The zero-order valence-electron chi connectivity index (χ0n) is 8.61. The van der Waals surface area contributed by atoms with Crippen molar-refractivity contribution in [1.29, 1.82) is 0 Å². The molecule has 1 N–H and O–H groups in total. The summed E-state index contributed by atoms with van der Waals surface area (Å²) in [7, 11) is 0. The number of aromatic nitrogens is 2. The minimum atomic E-state index is -0.0285. The van der Waals surface area contributed by atoms with Crippen molar-refractivity contribution in [2.75, 3.05) is 0 Å². The lowest BCUT2D eigenvalue weighted by Crippen LogP contribution is -1.98. The second-order valence-electron chi connectivity index (χ2n) is 3.57. The number of aromatic amines is 1. The SMILES string of the molecule is O=c1cc(-c2cc[nH]n2)sc2ccc(Cl)cc12. The molecule has 0 saturated heterocycles. The van der Waals surface area contributed by atoms with E-state index in [1.807, 2.05) is 12.1 Å². The van der Waals surface area contributed by atoms with Gasteiger partial charge in [-0.05, 0) is 24.3 Å². The predicted molar refractivity (Wildman–Crippen MR) is 70.7 cm³/mol. The number of halogens is 1. The van der Waals surface area contributed by atoms with Crippen molar-refractivity contribution in [3.05, 3.63) is 51.8 Å². The van der Waals surface area contributed by atoms with Crippen molar-refractivity contribution < 1.29 is 0 Å². The third-order valence-corrected chi connectivity index (χ3v) is 3.80. The van der Waals surface area contributed by atoms with Gasteiger partial charge in [-0.25, -0.2) is 0 Å². The molecule has 3 aromatic rings. The summed E-state index contributed by atoms with van der Waals surface area (Å²) in [6.45, 7) is 0. The third-order valence-electron chi connectivity index (χ3n) is 2.44. The molecule has 2 aromatic heterocycles. The van der Waals surface area contributed by atoms with E-state index in [0.717, 1.165) is 15.3 Å². The third kappa shape index (κ3) is 1.85. The minimum Gasteiger partial charge on any atom is -0.289 e. The first-order chi connectivity index (χ1) is 8.24. The van der Waals surface area contributed by atoms with Crippen molar-refractivity contribution in [3.63, 3.8) is 0 Å². The highest BCUT2D eigenvalue weighted by Gasteiger charge is 2.06. The van der Waals surface area contributed by atoms with Crippen molar-refractivity contribution in [2.45, 2.75) is 0 Å². The predicted octanol–water partition coefficient (Wildman–Crippen LogP) is 3.31. The van der Waals surface area contributed by atoms with Gasteiger partial charge >= 0.3 is 0 Å². The largest absolute Gasteiger partial charge is 0.289 e. The summed E-state index contributed by atoms with van der Waals surface area (Å²) in [5.74, 6) is 0. The average Bonchev–Trinajstić information content (AvgIpc) is 2.83. The molecule has 3 nitrogen and oxygen atoms in total. The molecule has 0 spiro atoms. The van der Waals surface area contributed by atoms with Gasteiger partial charge in [0.15, 0.2) is 5.43 Å². The fourth-order valence-corrected chi connectivity index (χ4v) is 2.85. The highest BCUT2D eigenvalue weighted by molar-refractivity contribution is 7.21. The molecule has 3 rings (SSSR count). The van der Waals surface area contributed by atoms with Gasteiger partial charge < -0.3 is 0 Å².